The first-order chi connectivity index (χ1) is 14.0. The molecule has 1 fully saturated rings. The van der Waals surface area contributed by atoms with E-state index in [-0.39, 0.29) is 11.8 Å². The van der Waals surface area contributed by atoms with Gasteiger partial charge in [0.2, 0.25) is 17.0 Å². The lowest BCUT2D eigenvalue weighted by Crippen LogP contribution is -2.28. The van der Waals surface area contributed by atoms with Gasteiger partial charge in [0, 0.05) is 30.0 Å². The number of benzene rings is 1. The van der Waals surface area contributed by atoms with Crippen LogP contribution in [-0.4, -0.2) is 45.3 Å². The highest BCUT2D eigenvalue weighted by molar-refractivity contribution is 6.67. The van der Waals surface area contributed by atoms with Crippen molar-refractivity contribution in [3.63, 3.8) is 0 Å². The lowest BCUT2D eigenvalue weighted by molar-refractivity contribution is -0.109. The normalized spacial score (nSPS) is 16.8. The van der Waals surface area contributed by atoms with Gasteiger partial charge in [0.15, 0.2) is 0 Å². The van der Waals surface area contributed by atoms with Crippen molar-refractivity contribution in [3.05, 3.63) is 35.9 Å². The quantitative estimate of drug-likeness (QED) is 0.371. The van der Waals surface area contributed by atoms with Crippen LogP contribution in [0.25, 0.3) is 22.4 Å². The van der Waals surface area contributed by atoms with E-state index in [1.807, 2.05) is 18.2 Å². The van der Waals surface area contributed by atoms with Gasteiger partial charge in [0.1, 0.15) is 17.2 Å². The van der Waals surface area contributed by atoms with Gasteiger partial charge in [0.05, 0.1) is 5.88 Å². The maximum absolute atomic E-state index is 9.45. The lowest BCUT2D eigenvalue weighted by atomic mass is 10.1. The first-order valence-corrected chi connectivity index (χ1v) is 10.8. The fraction of sp³-hybridized carbons (Fsp3) is 0.450. The molecule has 0 radical (unpaired) electrons. The second-order valence-corrected chi connectivity index (χ2v) is 7.83. The van der Waals surface area contributed by atoms with E-state index in [0.717, 1.165) is 35.3 Å². The molecular weight excluding hydrogens is 437 g/mol. The molecule has 3 aromatic rings. The monoisotopic (exact) mass is 457 g/mol. The molecule has 1 aliphatic heterocycles. The van der Waals surface area contributed by atoms with Crippen LogP contribution in [0.2, 0.25) is 0 Å². The van der Waals surface area contributed by atoms with Crippen LogP contribution in [0.4, 0.5) is 0 Å². The summed E-state index contributed by atoms with van der Waals surface area (Å²) in [6, 6.07) is 8.74. The SMILES string of the molecule is C[C@@H]1CCCN1CCc1cc2cc(-c3noc(CCl)n3)ccc2o1.O=C(Cl)CCl. The zero-order valence-electron chi connectivity index (χ0n) is 16.0. The molecule has 1 saturated heterocycles. The van der Waals surface area contributed by atoms with Gasteiger partial charge in [-0.3, -0.25) is 4.79 Å². The third-order valence-corrected chi connectivity index (χ3v) is 5.59. The molecule has 0 spiro atoms. The number of aromatic nitrogens is 2. The fourth-order valence-electron chi connectivity index (χ4n) is 3.37. The number of rotatable bonds is 6. The Morgan fingerprint density at radius 1 is 1.31 bits per heavy atom. The Labute approximate surface area is 184 Å². The molecule has 9 heteroatoms. The molecule has 156 valence electrons. The van der Waals surface area contributed by atoms with Crippen LogP contribution >= 0.6 is 34.8 Å². The van der Waals surface area contributed by atoms with Gasteiger partial charge in [0.25, 0.3) is 0 Å². The Kier molecular flexibility index (Phi) is 7.95. The van der Waals surface area contributed by atoms with Crippen molar-refractivity contribution in [2.24, 2.45) is 0 Å². The van der Waals surface area contributed by atoms with Crippen LogP contribution in [0.1, 0.15) is 31.4 Å². The minimum absolute atomic E-state index is 0.0957. The van der Waals surface area contributed by atoms with Gasteiger partial charge in [-0.15, -0.1) is 23.2 Å². The highest BCUT2D eigenvalue weighted by Crippen LogP contribution is 2.26. The number of likely N-dealkylation sites (tertiary alicyclic amines) is 1. The number of carbonyl (C=O) groups is 1. The topological polar surface area (TPSA) is 72.4 Å². The summed E-state index contributed by atoms with van der Waals surface area (Å²) in [7, 11) is 0. The zero-order valence-corrected chi connectivity index (χ0v) is 18.3. The number of furan rings is 1. The van der Waals surface area contributed by atoms with Gasteiger partial charge < -0.3 is 13.8 Å². The van der Waals surface area contributed by atoms with Crippen LogP contribution < -0.4 is 0 Å². The average molecular weight is 459 g/mol. The summed E-state index contributed by atoms with van der Waals surface area (Å²) in [5.41, 5.74) is 1.80. The molecule has 2 aromatic heterocycles. The molecule has 0 bridgehead atoms. The Morgan fingerprint density at radius 3 is 2.72 bits per heavy atom. The molecule has 0 saturated carbocycles. The summed E-state index contributed by atoms with van der Waals surface area (Å²) in [5.74, 6) is 2.14. The number of hydrogen-bond donors (Lipinski definition) is 0. The molecule has 0 amide bonds. The van der Waals surface area contributed by atoms with Crippen molar-refractivity contribution < 1.29 is 13.7 Å². The molecule has 3 heterocycles. The first kappa shape index (κ1) is 22.1. The Bertz CT molecular complexity index is 957. The molecule has 0 aliphatic carbocycles. The van der Waals surface area contributed by atoms with E-state index < -0.39 is 5.24 Å². The van der Waals surface area contributed by atoms with E-state index in [9.17, 15) is 4.79 Å². The van der Waals surface area contributed by atoms with Crippen molar-refractivity contribution in [2.45, 2.75) is 38.1 Å². The number of nitrogens with zero attached hydrogens (tertiary/aromatic N) is 3. The molecule has 6 nitrogen and oxygen atoms in total. The molecule has 1 atom stereocenters. The van der Waals surface area contributed by atoms with Gasteiger partial charge in [-0.25, -0.2) is 0 Å². The van der Waals surface area contributed by atoms with Crippen LogP contribution in [0.15, 0.2) is 33.2 Å². The maximum Gasteiger partial charge on any atom is 0.241 e. The second-order valence-electron chi connectivity index (χ2n) is 6.88. The van der Waals surface area contributed by atoms with Crippen molar-refractivity contribution in [3.8, 4) is 11.4 Å². The molecule has 1 aromatic carbocycles. The number of carbonyl (C=O) groups excluding carboxylic acids is 1. The molecule has 29 heavy (non-hydrogen) atoms. The van der Waals surface area contributed by atoms with E-state index in [4.69, 9.17) is 43.7 Å². The zero-order chi connectivity index (χ0) is 20.8. The van der Waals surface area contributed by atoms with Crippen LogP contribution in [-0.2, 0) is 17.1 Å². The van der Waals surface area contributed by atoms with Gasteiger partial charge in [-0.1, -0.05) is 5.16 Å². The Hall–Kier alpha value is -1.60. The van der Waals surface area contributed by atoms with E-state index in [1.54, 1.807) is 0 Å². The summed E-state index contributed by atoms with van der Waals surface area (Å²) >= 11 is 15.3. The predicted molar refractivity (Wildman–Crippen MR) is 115 cm³/mol. The van der Waals surface area contributed by atoms with E-state index >= 15 is 0 Å². The Morgan fingerprint density at radius 2 is 2.10 bits per heavy atom. The van der Waals surface area contributed by atoms with E-state index in [1.165, 1.54) is 19.4 Å². The first-order valence-electron chi connectivity index (χ1n) is 9.40. The van der Waals surface area contributed by atoms with Crippen molar-refractivity contribution in [1.82, 2.24) is 15.0 Å². The third kappa shape index (κ3) is 5.95. The average Bonchev–Trinajstić information content (AvgIpc) is 3.45. The summed E-state index contributed by atoms with van der Waals surface area (Å²) in [5, 5.41) is 4.52. The van der Waals surface area contributed by atoms with E-state index in [2.05, 4.69) is 28.0 Å². The smallest absolute Gasteiger partial charge is 0.241 e. The van der Waals surface area contributed by atoms with Gasteiger partial charge in [-0.05, 0) is 62.2 Å². The van der Waals surface area contributed by atoms with Crippen LogP contribution in [0.5, 0.6) is 0 Å². The maximum atomic E-state index is 9.45. The molecule has 0 N–H and O–H groups in total. The predicted octanol–water partition coefficient (Wildman–Crippen LogP) is 5.24. The standard InChI is InChI=1S/C18H20ClN3O2.C2H2Cl2O/c1-12-3-2-7-22(12)8-6-15-10-14-9-13(4-5-16(14)23-15)18-20-17(11-19)24-21-18;3-1-2(4)5/h4-5,9-10,12H,2-3,6-8,11H2,1H3;1H2/t12-;/m1./s1. The highest BCUT2D eigenvalue weighted by Gasteiger charge is 2.20. The number of alkyl halides is 2. The minimum Gasteiger partial charge on any atom is -0.461 e. The largest absolute Gasteiger partial charge is 0.461 e. The van der Waals surface area contributed by atoms with E-state index in [0.29, 0.717) is 17.8 Å². The number of fused-ring (bicyclic) bond motifs is 1. The van der Waals surface area contributed by atoms with Crippen molar-refractivity contribution in [2.75, 3.05) is 19.0 Å². The molecule has 1 aliphatic rings. The van der Waals surface area contributed by atoms with Crippen molar-refractivity contribution in [1.29, 1.82) is 0 Å². The van der Waals surface area contributed by atoms with Gasteiger partial charge in [-0.2, -0.15) is 4.98 Å². The van der Waals surface area contributed by atoms with Gasteiger partial charge >= 0.3 is 0 Å². The molecule has 0 unspecified atom stereocenters. The number of hydrogen-bond acceptors (Lipinski definition) is 6. The van der Waals surface area contributed by atoms with Crippen molar-refractivity contribution >= 4 is 51.0 Å². The third-order valence-electron chi connectivity index (χ3n) is 4.85. The lowest BCUT2D eigenvalue weighted by Gasteiger charge is -2.19. The fourth-order valence-corrected chi connectivity index (χ4v) is 3.47. The molecule has 4 rings (SSSR count). The Balaban J connectivity index is 0.000000431. The molecular formula is C20H22Cl3N3O3. The summed E-state index contributed by atoms with van der Waals surface area (Å²) < 4.78 is 11.0. The highest BCUT2D eigenvalue weighted by atomic mass is 35.5. The van der Waals surface area contributed by atoms with Crippen LogP contribution in [0, 0.1) is 0 Å². The van der Waals surface area contributed by atoms with Crippen LogP contribution in [0.3, 0.4) is 0 Å². The summed E-state index contributed by atoms with van der Waals surface area (Å²) in [6.07, 6.45) is 3.55. The summed E-state index contributed by atoms with van der Waals surface area (Å²) in [4.78, 5) is 16.2. The summed E-state index contributed by atoms with van der Waals surface area (Å²) in [6.45, 7) is 4.56. The minimum atomic E-state index is -0.508. The second kappa shape index (κ2) is 10.4. The number of halogens is 3.